The highest BCUT2D eigenvalue weighted by Gasteiger charge is 2.22. The Balaban J connectivity index is 1.84. The summed E-state index contributed by atoms with van der Waals surface area (Å²) in [6.07, 6.45) is 7.80. The number of imidazole rings is 1. The minimum absolute atomic E-state index is 0.0525. The predicted molar refractivity (Wildman–Crippen MR) is 80.9 cm³/mol. The fourth-order valence-electron chi connectivity index (χ4n) is 2.78. The van der Waals surface area contributed by atoms with Crippen molar-refractivity contribution in [3.05, 3.63) is 18.2 Å². The predicted octanol–water partition coefficient (Wildman–Crippen LogP) is 1.24. The number of aryl methyl sites for hydroxylation is 1. The van der Waals surface area contributed by atoms with Gasteiger partial charge in [0.05, 0.1) is 18.6 Å². The summed E-state index contributed by atoms with van der Waals surface area (Å²) in [5.41, 5.74) is 1.19. The van der Waals surface area contributed by atoms with Gasteiger partial charge in [-0.3, -0.25) is 4.79 Å². The number of rotatable bonds is 7. The van der Waals surface area contributed by atoms with Crippen molar-refractivity contribution in [2.45, 2.75) is 51.2 Å². The zero-order valence-electron chi connectivity index (χ0n) is 13.0. The first-order chi connectivity index (χ1) is 10.2. The van der Waals surface area contributed by atoms with Crippen LogP contribution in [0.3, 0.4) is 0 Å². The highest BCUT2D eigenvalue weighted by molar-refractivity contribution is 5.75. The normalized spacial score (nSPS) is 22.2. The lowest BCUT2D eigenvalue weighted by Crippen LogP contribution is -2.35. The minimum atomic E-state index is 0.0525. The maximum atomic E-state index is 11.7. The zero-order valence-corrected chi connectivity index (χ0v) is 13.0. The van der Waals surface area contributed by atoms with E-state index in [4.69, 9.17) is 4.74 Å². The Morgan fingerprint density at radius 3 is 3.19 bits per heavy atom. The average molecular weight is 294 g/mol. The molecule has 118 valence electrons. The maximum Gasteiger partial charge on any atom is 0.221 e. The van der Waals surface area contributed by atoms with Crippen molar-refractivity contribution < 1.29 is 9.53 Å². The van der Waals surface area contributed by atoms with E-state index in [0.29, 0.717) is 38.2 Å². The van der Waals surface area contributed by atoms with E-state index >= 15 is 0 Å². The van der Waals surface area contributed by atoms with Crippen molar-refractivity contribution in [3.8, 4) is 0 Å². The number of amides is 1. The maximum absolute atomic E-state index is 11.7. The Labute approximate surface area is 126 Å². The number of nitrogens with zero attached hydrogens (tertiary/aromatic N) is 2. The highest BCUT2D eigenvalue weighted by Crippen LogP contribution is 2.25. The van der Waals surface area contributed by atoms with Gasteiger partial charge in [-0.1, -0.05) is 0 Å². The van der Waals surface area contributed by atoms with Crippen LogP contribution in [0.25, 0.3) is 0 Å². The van der Waals surface area contributed by atoms with E-state index in [-0.39, 0.29) is 5.91 Å². The van der Waals surface area contributed by atoms with Crippen molar-refractivity contribution in [2.24, 2.45) is 0 Å². The number of hydrogen-bond acceptors (Lipinski definition) is 4. The fraction of sp³-hybridized carbons (Fsp3) is 0.733. The molecule has 1 aliphatic heterocycles. The summed E-state index contributed by atoms with van der Waals surface area (Å²) in [4.78, 5) is 16.0. The molecule has 1 saturated heterocycles. The molecule has 0 saturated carbocycles. The smallest absolute Gasteiger partial charge is 0.221 e. The molecule has 1 amide bonds. The van der Waals surface area contributed by atoms with Crippen LogP contribution in [-0.4, -0.2) is 41.8 Å². The van der Waals surface area contributed by atoms with E-state index in [1.807, 2.05) is 12.5 Å². The van der Waals surface area contributed by atoms with Crippen LogP contribution < -0.4 is 10.6 Å². The van der Waals surface area contributed by atoms with Crippen LogP contribution in [-0.2, 0) is 16.1 Å². The molecule has 6 heteroatoms. The Hall–Kier alpha value is -1.40. The van der Waals surface area contributed by atoms with Gasteiger partial charge in [0.15, 0.2) is 0 Å². The number of piperidine rings is 1. The third kappa shape index (κ3) is 4.82. The van der Waals surface area contributed by atoms with Crippen LogP contribution in [0.2, 0.25) is 0 Å². The monoisotopic (exact) mass is 294 g/mol. The fourth-order valence-corrected chi connectivity index (χ4v) is 2.78. The molecule has 0 aliphatic carbocycles. The molecule has 2 atom stereocenters. The first-order valence-corrected chi connectivity index (χ1v) is 7.72. The summed E-state index contributed by atoms with van der Waals surface area (Å²) >= 11 is 0. The second kappa shape index (κ2) is 8.14. The molecule has 21 heavy (non-hydrogen) atoms. The summed E-state index contributed by atoms with van der Waals surface area (Å²) < 4.78 is 7.00. The Morgan fingerprint density at radius 1 is 1.57 bits per heavy atom. The number of carbonyl (C=O) groups excluding carboxylic acids is 1. The van der Waals surface area contributed by atoms with Gasteiger partial charge < -0.3 is 19.9 Å². The topological polar surface area (TPSA) is 68.2 Å². The lowest BCUT2D eigenvalue weighted by molar-refractivity contribution is -0.121. The highest BCUT2D eigenvalue weighted by atomic mass is 16.5. The van der Waals surface area contributed by atoms with Crippen molar-refractivity contribution >= 4 is 5.91 Å². The van der Waals surface area contributed by atoms with Crippen molar-refractivity contribution in [1.82, 2.24) is 20.2 Å². The molecule has 1 aliphatic rings. The molecule has 0 spiro atoms. The molecular weight excluding hydrogens is 268 g/mol. The van der Waals surface area contributed by atoms with Crippen LogP contribution in [0.4, 0.5) is 0 Å². The van der Waals surface area contributed by atoms with Crippen molar-refractivity contribution in [1.29, 1.82) is 0 Å². The van der Waals surface area contributed by atoms with Gasteiger partial charge in [0.2, 0.25) is 5.91 Å². The van der Waals surface area contributed by atoms with Crippen LogP contribution >= 0.6 is 0 Å². The van der Waals surface area contributed by atoms with Gasteiger partial charge in [0.1, 0.15) is 0 Å². The third-order valence-electron chi connectivity index (χ3n) is 3.93. The molecule has 0 bridgehead atoms. The molecule has 2 N–H and O–H groups in total. The van der Waals surface area contributed by atoms with Gasteiger partial charge in [-0.25, -0.2) is 4.98 Å². The van der Waals surface area contributed by atoms with E-state index in [1.165, 1.54) is 18.5 Å². The van der Waals surface area contributed by atoms with Gasteiger partial charge in [-0.2, -0.15) is 0 Å². The minimum Gasteiger partial charge on any atom is -0.383 e. The van der Waals surface area contributed by atoms with Crippen LogP contribution in [0.15, 0.2) is 12.5 Å². The Morgan fingerprint density at radius 2 is 2.43 bits per heavy atom. The number of carbonyl (C=O) groups is 1. The lowest BCUT2D eigenvalue weighted by atomic mass is 9.97. The Bertz CT molecular complexity index is 447. The molecule has 1 aromatic rings. The standard InChI is InChI=1S/C15H26N4O2/c1-12-4-3-5-13(18-12)14-10-16-11-19(14)8-6-15(20)17-7-9-21-2/h10-13,18H,3-9H2,1-2H3,(H,17,20). The first kappa shape index (κ1) is 16.0. The van der Waals surface area contributed by atoms with Crippen molar-refractivity contribution in [3.63, 3.8) is 0 Å². The number of nitrogens with one attached hydrogen (secondary N) is 2. The van der Waals surface area contributed by atoms with Crippen molar-refractivity contribution in [2.75, 3.05) is 20.3 Å². The van der Waals surface area contributed by atoms with Crippen LogP contribution in [0.5, 0.6) is 0 Å². The summed E-state index contributed by atoms with van der Waals surface area (Å²) in [6.45, 7) is 4.00. The number of aromatic nitrogens is 2. The number of methoxy groups -OCH3 is 1. The summed E-state index contributed by atoms with van der Waals surface area (Å²) in [6, 6.07) is 0.900. The second-order valence-electron chi connectivity index (χ2n) is 5.66. The molecule has 0 radical (unpaired) electrons. The van der Waals surface area contributed by atoms with E-state index < -0.39 is 0 Å². The number of hydrogen-bond donors (Lipinski definition) is 2. The average Bonchev–Trinajstić information content (AvgIpc) is 2.94. The summed E-state index contributed by atoms with van der Waals surface area (Å²) in [5.74, 6) is 0.0525. The quantitative estimate of drug-likeness (QED) is 0.742. The van der Waals surface area contributed by atoms with E-state index in [0.717, 1.165) is 6.42 Å². The molecule has 1 aromatic heterocycles. The van der Waals surface area contributed by atoms with Gasteiger partial charge in [0.25, 0.3) is 0 Å². The summed E-state index contributed by atoms with van der Waals surface area (Å²) in [5, 5.41) is 6.45. The van der Waals surface area contributed by atoms with Crippen LogP contribution in [0.1, 0.15) is 44.3 Å². The molecule has 0 aromatic carbocycles. The molecule has 2 unspecified atom stereocenters. The first-order valence-electron chi connectivity index (χ1n) is 7.72. The number of ether oxygens (including phenoxy) is 1. The molecular formula is C15H26N4O2. The van der Waals surface area contributed by atoms with Gasteiger partial charge in [-0.05, 0) is 26.2 Å². The Kier molecular flexibility index (Phi) is 6.20. The molecule has 1 fully saturated rings. The summed E-state index contributed by atoms with van der Waals surface area (Å²) in [7, 11) is 1.63. The largest absolute Gasteiger partial charge is 0.383 e. The second-order valence-corrected chi connectivity index (χ2v) is 5.66. The van der Waals surface area contributed by atoms with Gasteiger partial charge >= 0.3 is 0 Å². The van der Waals surface area contributed by atoms with E-state index in [9.17, 15) is 4.79 Å². The molecule has 6 nitrogen and oxygen atoms in total. The lowest BCUT2D eigenvalue weighted by Gasteiger charge is -2.29. The third-order valence-corrected chi connectivity index (χ3v) is 3.93. The van der Waals surface area contributed by atoms with E-state index in [2.05, 4.69) is 27.1 Å². The van der Waals surface area contributed by atoms with E-state index in [1.54, 1.807) is 7.11 Å². The van der Waals surface area contributed by atoms with Gasteiger partial charge in [0, 0.05) is 44.9 Å². The molecule has 2 rings (SSSR count). The van der Waals surface area contributed by atoms with Gasteiger partial charge in [-0.15, -0.1) is 0 Å². The van der Waals surface area contributed by atoms with Crippen LogP contribution in [0, 0.1) is 0 Å². The zero-order chi connectivity index (χ0) is 15.1. The molecule has 2 heterocycles. The SMILES string of the molecule is COCCNC(=O)CCn1cncc1C1CCCC(C)N1.